The third kappa shape index (κ3) is 10.6. The first-order valence-corrected chi connectivity index (χ1v) is 20.6. The zero-order valence-electron chi connectivity index (χ0n) is 33.7. The molecule has 4 rings (SSSR count). The summed E-state index contributed by atoms with van der Waals surface area (Å²) in [4.78, 5) is 57.2. The third-order valence-corrected chi connectivity index (χ3v) is 13.4. The number of allylic oxidation sites excluding steroid dienone is 3. The number of Topliss-reactive ketones (excluding diaryl/α,β-unsaturated/α-hetero) is 1. The van der Waals surface area contributed by atoms with Crippen molar-refractivity contribution < 1.29 is 48.3 Å². The average Bonchev–Trinajstić information content (AvgIpc) is 3.15. The fraction of sp³-hybridized carbons (Fsp3) is 0.810. The summed E-state index contributed by atoms with van der Waals surface area (Å²) in [5.74, 6) is -4.10. The molecule has 4 aliphatic rings. The Morgan fingerprint density at radius 2 is 1.59 bits per heavy atom. The molecule has 11 nitrogen and oxygen atoms in total. The predicted octanol–water partition coefficient (Wildman–Crippen LogP) is 5.60. The first kappa shape index (κ1) is 44.6. The quantitative estimate of drug-likeness (QED) is 0.156. The predicted molar refractivity (Wildman–Crippen MR) is 206 cm³/mol. The summed E-state index contributed by atoms with van der Waals surface area (Å²) in [6, 6.07) is -1.06. The molecule has 3 fully saturated rings. The van der Waals surface area contributed by atoms with E-state index in [0.717, 1.165) is 19.3 Å². The standard InChI is InChI=1S/C42H66ClNO10/c1-24-12-14-30(45)22-34(46)28(5)38(26(3)19-29-13-15-32(43)37(21-29)53-8)54-41(49)33-11-9-10-16-44(33)40(48)39(47)42(50)23-31(36(52-7)20-27(42)4)35(51-6)18-25(2)17-24/h12,14,19,24-25,27-29,31-38,46,50H,9-11,13,15-18,20-23H2,1-8H3/t24?,25-,27+,28+,29-,31+,32-,33-,34-,35-,36-,37+,38+,42-/m0/s1. The summed E-state index contributed by atoms with van der Waals surface area (Å²) in [5, 5.41) is 23.5. The van der Waals surface area contributed by atoms with Crippen LogP contribution >= 0.6 is 11.6 Å². The number of nitrogens with zero attached hydrogens (tertiary/aromatic N) is 1. The van der Waals surface area contributed by atoms with Crippen molar-refractivity contribution in [2.45, 2.75) is 153 Å². The van der Waals surface area contributed by atoms with E-state index in [1.165, 1.54) is 11.0 Å². The Balaban J connectivity index is 1.72. The van der Waals surface area contributed by atoms with Gasteiger partial charge >= 0.3 is 5.97 Å². The maximum atomic E-state index is 14.3. The van der Waals surface area contributed by atoms with Crippen molar-refractivity contribution in [3.63, 3.8) is 0 Å². The van der Waals surface area contributed by atoms with Crippen molar-refractivity contribution in [3.8, 4) is 0 Å². The third-order valence-electron chi connectivity index (χ3n) is 12.9. The van der Waals surface area contributed by atoms with Gasteiger partial charge in [-0.05, 0) is 106 Å². The van der Waals surface area contributed by atoms with Gasteiger partial charge in [0.15, 0.2) is 5.78 Å². The molecular weight excluding hydrogens is 714 g/mol. The van der Waals surface area contributed by atoms with Gasteiger partial charge in [-0.2, -0.15) is 0 Å². The maximum absolute atomic E-state index is 14.3. The Bertz CT molecular complexity index is 1370. The molecule has 0 spiro atoms. The second-order valence-electron chi connectivity index (χ2n) is 17.0. The zero-order valence-corrected chi connectivity index (χ0v) is 34.5. The van der Waals surface area contributed by atoms with Crippen LogP contribution in [-0.2, 0) is 38.1 Å². The molecule has 54 heavy (non-hydrogen) atoms. The number of cyclic esters (lactones) is 1. The highest BCUT2D eigenvalue weighted by Crippen LogP contribution is 2.43. The van der Waals surface area contributed by atoms with E-state index in [2.05, 4.69) is 6.92 Å². The van der Waals surface area contributed by atoms with E-state index in [1.807, 2.05) is 26.0 Å². The van der Waals surface area contributed by atoms with Crippen LogP contribution in [0.3, 0.4) is 0 Å². The van der Waals surface area contributed by atoms with Crippen LogP contribution in [0.25, 0.3) is 0 Å². The van der Waals surface area contributed by atoms with E-state index in [-0.39, 0.29) is 79.0 Å². The summed E-state index contributed by atoms with van der Waals surface area (Å²) < 4.78 is 23.8. The molecule has 1 saturated heterocycles. The Hall–Kier alpha value is -2.15. The van der Waals surface area contributed by atoms with Gasteiger partial charge in [-0.15, -0.1) is 11.6 Å². The Morgan fingerprint density at radius 3 is 2.26 bits per heavy atom. The van der Waals surface area contributed by atoms with Gasteiger partial charge in [0.05, 0.1) is 29.8 Å². The number of hydrogen-bond donors (Lipinski definition) is 2. The van der Waals surface area contributed by atoms with Gasteiger partial charge in [0.2, 0.25) is 0 Å². The first-order valence-electron chi connectivity index (χ1n) is 20.1. The van der Waals surface area contributed by atoms with Crippen LogP contribution in [0.4, 0.5) is 0 Å². The largest absolute Gasteiger partial charge is 0.456 e. The first-order chi connectivity index (χ1) is 25.5. The van der Waals surface area contributed by atoms with Gasteiger partial charge in [-0.25, -0.2) is 4.79 Å². The lowest BCUT2D eigenvalue weighted by Gasteiger charge is -2.47. The lowest BCUT2D eigenvalue weighted by atomic mass is 9.65. The lowest BCUT2D eigenvalue weighted by Crippen LogP contribution is -2.61. The van der Waals surface area contributed by atoms with Gasteiger partial charge in [0, 0.05) is 46.1 Å². The number of carbonyl (C=O) groups is 4. The van der Waals surface area contributed by atoms with Crippen LogP contribution < -0.4 is 0 Å². The number of alkyl halides is 1. The Kier molecular flexibility index (Phi) is 16.4. The number of ether oxygens (including phenoxy) is 4. The van der Waals surface area contributed by atoms with Crippen molar-refractivity contribution in [1.82, 2.24) is 4.90 Å². The van der Waals surface area contributed by atoms with E-state index in [4.69, 9.17) is 30.5 Å². The number of amides is 1. The minimum atomic E-state index is -1.99. The molecular formula is C42H66ClNO10. The molecule has 2 saturated carbocycles. The maximum Gasteiger partial charge on any atom is 0.329 e. The number of esters is 1. The fourth-order valence-corrected chi connectivity index (χ4v) is 9.82. The number of hydrogen-bond acceptors (Lipinski definition) is 10. The molecule has 12 heteroatoms. The van der Waals surface area contributed by atoms with Crippen LogP contribution in [-0.4, -0.2) is 114 Å². The second kappa shape index (κ2) is 19.8. The van der Waals surface area contributed by atoms with Gasteiger partial charge in [-0.3, -0.25) is 14.4 Å². The minimum Gasteiger partial charge on any atom is -0.456 e. The number of piperidine rings is 1. The molecule has 0 radical (unpaired) electrons. The van der Waals surface area contributed by atoms with Crippen LogP contribution in [0.2, 0.25) is 0 Å². The van der Waals surface area contributed by atoms with Gasteiger partial charge < -0.3 is 34.1 Å². The topological polar surface area (TPSA) is 149 Å². The smallest absolute Gasteiger partial charge is 0.329 e. The highest BCUT2D eigenvalue weighted by molar-refractivity contribution is 6.39. The average molecular weight is 780 g/mol. The van der Waals surface area contributed by atoms with Crippen molar-refractivity contribution in [1.29, 1.82) is 0 Å². The highest BCUT2D eigenvalue weighted by Gasteiger charge is 2.55. The Labute approximate surface area is 327 Å². The van der Waals surface area contributed by atoms with Crippen LogP contribution in [0, 0.1) is 35.5 Å². The zero-order chi connectivity index (χ0) is 39.9. The van der Waals surface area contributed by atoms with Crippen LogP contribution in [0.15, 0.2) is 23.8 Å². The molecule has 0 aromatic rings. The Morgan fingerprint density at radius 1 is 0.926 bits per heavy atom. The molecule has 0 aromatic heterocycles. The molecule has 1 unspecified atom stereocenters. The number of rotatable bonds is 5. The summed E-state index contributed by atoms with van der Waals surface area (Å²) in [5.41, 5.74) is -1.27. The lowest BCUT2D eigenvalue weighted by molar-refractivity contribution is -0.178. The molecule has 2 bridgehead atoms. The molecule has 14 atom stereocenters. The molecule has 0 aromatic carbocycles. The van der Waals surface area contributed by atoms with Crippen molar-refractivity contribution in [2.75, 3.05) is 27.9 Å². The normalized spacial score (nSPS) is 41.5. The second-order valence-corrected chi connectivity index (χ2v) is 17.5. The van der Waals surface area contributed by atoms with Crippen molar-refractivity contribution in [3.05, 3.63) is 23.8 Å². The van der Waals surface area contributed by atoms with Gasteiger partial charge in [0.25, 0.3) is 11.7 Å². The molecule has 1 amide bonds. The number of carbonyl (C=O) groups excluding carboxylic acids is 4. The molecule has 2 N–H and O–H groups in total. The van der Waals surface area contributed by atoms with E-state index in [0.29, 0.717) is 37.7 Å². The van der Waals surface area contributed by atoms with E-state index in [1.54, 1.807) is 35.2 Å². The molecule has 306 valence electrons. The fourth-order valence-electron chi connectivity index (χ4n) is 9.49. The van der Waals surface area contributed by atoms with Gasteiger partial charge in [0.1, 0.15) is 17.7 Å². The monoisotopic (exact) mass is 779 g/mol. The summed E-state index contributed by atoms with van der Waals surface area (Å²) in [6.45, 7) is 9.67. The highest BCUT2D eigenvalue weighted by atomic mass is 35.5. The van der Waals surface area contributed by atoms with Crippen molar-refractivity contribution in [2.24, 2.45) is 35.5 Å². The number of methoxy groups -OCH3 is 3. The van der Waals surface area contributed by atoms with Crippen LogP contribution in [0.1, 0.15) is 105 Å². The van der Waals surface area contributed by atoms with E-state index >= 15 is 0 Å². The number of aliphatic hydroxyl groups excluding tert-OH is 1. The summed E-state index contributed by atoms with van der Waals surface area (Å²) in [7, 11) is 4.86. The molecule has 2 aliphatic heterocycles. The molecule has 2 heterocycles. The van der Waals surface area contributed by atoms with E-state index < -0.39 is 53.3 Å². The summed E-state index contributed by atoms with van der Waals surface area (Å²) >= 11 is 6.51. The van der Waals surface area contributed by atoms with E-state index in [9.17, 15) is 29.4 Å². The minimum absolute atomic E-state index is 0.0214. The summed E-state index contributed by atoms with van der Waals surface area (Å²) in [6.07, 6.45) is 7.90. The number of halogens is 1. The number of fused-ring (bicyclic) bond motifs is 3. The van der Waals surface area contributed by atoms with Gasteiger partial charge in [-0.1, -0.05) is 39.8 Å². The number of aliphatic hydroxyl groups is 2. The number of ketones is 2. The van der Waals surface area contributed by atoms with Crippen LogP contribution in [0.5, 0.6) is 0 Å². The SMILES string of the molecule is CO[C@H]1C[C@@H](C)CC(C)C=CC(=O)C[C@H](O)[C@@H](C)[C@@H](C(C)=C[C@@H]2CC[C@H](Cl)[C@H](OC)C2)OC(=O)[C@@H]2CCCCN2C(=O)C(=O)[C@]2(O)C[C@H]1[C@@H](OC)C[C@H]2C. The molecule has 2 aliphatic carbocycles. The van der Waals surface area contributed by atoms with Crippen molar-refractivity contribution >= 4 is 35.0 Å².